The molecule has 0 heterocycles. The molecule has 19 heavy (non-hydrogen) atoms. The number of rotatable bonds is 6. The Labute approximate surface area is 108 Å². The van der Waals surface area contributed by atoms with Crippen LogP contribution in [0.25, 0.3) is 0 Å². The Morgan fingerprint density at radius 2 is 2.11 bits per heavy atom. The fourth-order valence-corrected chi connectivity index (χ4v) is 1.28. The topological polar surface area (TPSA) is 119 Å². The number of ether oxygens (including phenoxy) is 1. The number of hydrogen-bond acceptors (Lipinski definition) is 5. The lowest BCUT2D eigenvalue weighted by molar-refractivity contribution is -0.384. The number of benzene rings is 1. The average Bonchev–Trinajstić information content (AvgIpc) is 2.31. The highest BCUT2D eigenvalue weighted by molar-refractivity contribution is 5.92. The van der Waals surface area contributed by atoms with Crippen molar-refractivity contribution in [2.45, 2.75) is 6.92 Å². The molecule has 1 aromatic carbocycles. The third kappa shape index (κ3) is 4.72. The van der Waals surface area contributed by atoms with Crippen molar-refractivity contribution < 1.29 is 24.4 Å². The summed E-state index contributed by atoms with van der Waals surface area (Å²) in [7, 11) is 0. The van der Waals surface area contributed by atoms with Crippen LogP contribution in [-0.2, 0) is 14.3 Å². The molecule has 1 rings (SSSR count). The Bertz CT molecular complexity index is 514. The molecule has 2 N–H and O–H groups in total. The molecule has 0 radical (unpaired) electrons. The fourth-order valence-electron chi connectivity index (χ4n) is 1.28. The van der Waals surface area contributed by atoms with Crippen LogP contribution in [0.1, 0.15) is 5.56 Å². The van der Waals surface area contributed by atoms with Gasteiger partial charge in [0.25, 0.3) is 5.69 Å². The predicted molar refractivity (Wildman–Crippen MR) is 64.9 cm³/mol. The normalized spacial score (nSPS) is 9.95. The molecular formula is C11H12N2O6. The molecule has 0 fully saturated rings. The molecule has 8 heteroatoms. The first kappa shape index (κ1) is 14.6. The van der Waals surface area contributed by atoms with Crippen molar-refractivity contribution in [3.63, 3.8) is 0 Å². The maximum atomic E-state index is 11.4. The predicted octanol–water partition coefficient (Wildman–Crippen LogP) is 0.943. The number of carboxylic acids is 1. The molecule has 0 spiro atoms. The number of amides is 1. The SMILES string of the molecule is Cc1ccc([N+](=O)[O-])cc1NC(=O)COCC(=O)O. The number of aryl methyl sites for hydroxylation is 1. The molecule has 0 bridgehead atoms. The van der Waals surface area contributed by atoms with Crippen molar-refractivity contribution in [1.29, 1.82) is 0 Å². The minimum absolute atomic E-state index is 0.146. The Kier molecular flexibility index (Phi) is 4.95. The van der Waals surface area contributed by atoms with Gasteiger partial charge in [-0.15, -0.1) is 0 Å². The van der Waals surface area contributed by atoms with Crippen LogP contribution in [0, 0.1) is 17.0 Å². The molecule has 0 aliphatic carbocycles. The number of carbonyl (C=O) groups is 2. The fraction of sp³-hybridized carbons (Fsp3) is 0.273. The van der Waals surface area contributed by atoms with E-state index in [1.807, 2.05) is 0 Å². The second kappa shape index (κ2) is 6.45. The maximum Gasteiger partial charge on any atom is 0.329 e. The summed E-state index contributed by atoms with van der Waals surface area (Å²) in [5, 5.41) is 21.3. The van der Waals surface area contributed by atoms with Crippen LogP contribution in [-0.4, -0.2) is 35.1 Å². The minimum atomic E-state index is -1.18. The first-order chi connectivity index (χ1) is 8.90. The summed E-state index contributed by atoms with van der Waals surface area (Å²) in [5.41, 5.74) is 0.794. The summed E-state index contributed by atoms with van der Waals surface area (Å²) >= 11 is 0. The number of nitrogens with zero attached hydrogens (tertiary/aromatic N) is 1. The van der Waals surface area contributed by atoms with Crippen molar-refractivity contribution >= 4 is 23.3 Å². The van der Waals surface area contributed by atoms with Crippen LogP contribution in [0.15, 0.2) is 18.2 Å². The maximum absolute atomic E-state index is 11.4. The van der Waals surface area contributed by atoms with Gasteiger partial charge in [0.15, 0.2) is 0 Å². The first-order valence-electron chi connectivity index (χ1n) is 5.24. The van der Waals surface area contributed by atoms with Crippen LogP contribution < -0.4 is 5.32 Å². The van der Waals surface area contributed by atoms with E-state index in [1.165, 1.54) is 18.2 Å². The average molecular weight is 268 g/mol. The molecule has 8 nitrogen and oxygen atoms in total. The lowest BCUT2D eigenvalue weighted by Gasteiger charge is -2.08. The Balaban J connectivity index is 2.65. The third-order valence-corrected chi connectivity index (χ3v) is 2.16. The van der Waals surface area contributed by atoms with E-state index < -0.39 is 30.0 Å². The van der Waals surface area contributed by atoms with E-state index in [1.54, 1.807) is 6.92 Å². The van der Waals surface area contributed by atoms with Crippen LogP contribution in [0.2, 0.25) is 0 Å². The highest BCUT2D eigenvalue weighted by Crippen LogP contribution is 2.21. The van der Waals surface area contributed by atoms with Crippen LogP contribution in [0.3, 0.4) is 0 Å². The number of hydrogen-bond donors (Lipinski definition) is 2. The quantitative estimate of drug-likeness (QED) is 0.585. The monoisotopic (exact) mass is 268 g/mol. The summed E-state index contributed by atoms with van der Waals surface area (Å²) in [6, 6.07) is 4.06. The zero-order chi connectivity index (χ0) is 14.4. The van der Waals surface area contributed by atoms with Gasteiger partial charge in [-0.25, -0.2) is 4.79 Å². The number of non-ortho nitro benzene ring substituents is 1. The van der Waals surface area contributed by atoms with Gasteiger partial charge in [-0.2, -0.15) is 0 Å². The second-order valence-electron chi connectivity index (χ2n) is 3.69. The second-order valence-corrected chi connectivity index (χ2v) is 3.69. The van der Waals surface area contributed by atoms with Crippen molar-refractivity contribution in [3.05, 3.63) is 33.9 Å². The zero-order valence-electron chi connectivity index (χ0n) is 10.1. The summed E-state index contributed by atoms with van der Waals surface area (Å²) in [4.78, 5) is 31.6. The standard InChI is InChI=1S/C11H12N2O6/c1-7-2-3-8(13(17)18)4-9(7)12-10(14)5-19-6-11(15)16/h2-4H,5-6H2,1H3,(H,12,14)(H,15,16). The molecule has 0 aliphatic rings. The molecule has 102 valence electrons. The zero-order valence-corrected chi connectivity index (χ0v) is 10.1. The van der Waals surface area contributed by atoms with Gasteiger partial charge < -0.3 is 15.2 Å². The highest BCUT2D eigenvalue weighted by Gasteiger charge is 2.11. The van der Waals surface area contributed by atoms with Crippen molar-refractivity contribution in [1.82, 2.24) is 0 Å². The lowest BCUT2D eigenvalue weighted by Crippen LogP contribution is -2.21. The number of nitro groups is 1. The first-order valence-corrected chi connectivity index (χ1v) is 5.24. The number of anilines is 1. The number of carboxylic acid groups (broad SMARTS) is 1. The largest absolute Gasteiger partial charge is 0.480 e. The third-order valence-electron chi connectivity index (χ3n) is 2.16. The van der Waals surface area contributed by atoms with Crippen molar-refractivity contribution in [3.8, 4) is 0 Å². The number of nitro benzene ring substituents is 1. The molecule has 0 aromatic heterocycles. The molecule has 1 aromatic rings. The minimum Gasteiger partial charge on any atom is -0.480 e. The molecule has 0 unspecified atom stereocenters. The molecule has 0 saturated heterocycles. The van der Waals surface area contributed by atoms with Gasteiger partial charge in [0.2, 0.25) is 5.91 Å². The van der Waals surface area contributed by atoms with E-state index in [4.69, 9.17) is 5.11 Å². The van der Waals surface area contributed by atoms with Crippen LogP contribution in [0.5, 0.6) is 0 Å². The molecular weight excluding hydrogens is 256 g/mol. The van der Waals surface area contributed by atoms with Crippen LogP contribution >= 0.6 is 0 Å². The summed E-state index contributed by atoms with van der Waals surface area (Å²) in [6.07, 6.45) is 0. The van der Waals surface area contributed by atoms with Crippen LogP contribution in [0.4, 0.5) is 11.4 Å². The van der Waals surface area contributed by atoms with E-state index in [2.05, 4.69) is 10.1 Å². The van der Waals surface area contributed by atoms with Gasteiger partial charge in [-0.3, -0.25) is 14.9 Å². The van der Waals surface area contributed by atoms with E-state index in [9.17, 15) is 19.7 Å². The Morgan fingerprint density at radius 1 is 1.42 bits per heavy atom. The van der Waals surface area contributed by atoms with Gasteiger partial charge in [-0.05, 0) is 12.5 Å². The van der Waals surface area contributed by atoms with Gasteiger partial charge >= 0.3 is 5.97 Å². The summed E-state index contributed by atoms with van der Waals surface area (Å²) < 4.78 is 4.60. The number of carbonyl (C=O) groups excluding carboxylic acids is 1. The van der Waals surface area contributed by atoms with Crippen molar-refractivity contribution in [2.75, 3.05) is 18.5 Å². The molecule has 0 saturated carbocycles. The van der Waals surface area contributed by atoms with Gasteiger partial charge in [0.1, 0.15) is 13.2 Å². The van der Waals surface area contributed by atoms with Crippen molar-refractivity contribution in [2.24, 2.45) is 0 Å². The Morgan fingerprint density at radius 3 is 2.68 bits per heavy atom. The summed E-state index contributed by atoms with van der Waals surface area (Å²) in [5.74, 6) is -1.76. The van der Waals surface area contributed by atoms with E-state index in [0.29, 0.717) is 5.56 Å². The smallest absolute Gasteiger partial charge is 0.329 e. The van der Waals surface area contributed by atoms with E-state index in [0.717, 1.165) is 0 Å². The number of aliphatic carboxylic acids is 1. The number of nitrogens with one attached hydrogen (secondary N) is 1. The summed E-state index contributed by atoms with van der Waals surface area (Å²) in [6.45, 7) is 0.660. The van der Waals surface area contributed by atoms with E-state index >= 15 is 0 Å². The Hall–Kier alpha value is -2.48. The van der Waals surface area contributed by atoms with Gasteiger partial charge in [0.05, 0.1) is 10.6 Å². The van der Waals surface area contributed by atoms with Gasteiger partial charge in [-0.1, -0.05) is 6.07 Å². The van der Waals surface area contributed by atoms with E-state index in [-0.39, 0.29) is 11.4 Å². The highest BCUT2D eigenvalue weighted by atomic mass is 16.6. The molecule has 1 amide bonds. The molecule has 0 aliphatic heterocycles. The molecule has 0 atom stereocenters. The lowest BCUT2D eigenvalue weighted by atomic mass is 10.2. The van der Waals surface area contributed by atoms with Gasteiger partial charge in [0, 0.05) is 12.1 Å².